The molecule has 0 amide bonds. The molecule has 3 aromatic heterocycles. The third kappa shape index (κ3) is 1.68. The minimum Gasteiger partial charge on any atom is -0.390 e. The molecule has 3 heterocycles. The Labute approximate surface area is 120 Å². The second-order valence-electron chi connectivity index (χ2n) is 5.14. The van der Waals surface area contributed by atoms with Gasteiger partial charge in [-0.2, -0.15) is 0 Å². The number of pyridine rings is 1. The SMILES string of the molecule is Nc1ccc2[nH]c(-c3c(N)sc4c3CCCC4)nc2n1. The summed E-state index contributed by atoms with van der Waals surface area (Å²) in [7, 11) is 0. The number of rotatable bonds is 1. The summed E-state index contributed by atoms with van der Waals surface area (Å²) in [5, 5.41) is 0.851. The molecule has 102 valence electrons. The first-order valence-corrected chi connectivity index (χ1v) is 7.56. The summed E-state index contributed by atoms with van der Waals surface area (Å²) in [6, 6.07) is 3.68. The first-order valence-electron chi connectivity index (χ1n) is 6.75. The van der Waals surface area contributed by atoms with Crippen molar-refractivity contribution in [3.63, 3.8) is 0 Å². The van der Waals surface area contributed by atoms with E-state index in [0.717, 1.165) is 34.7 Å². The third-order valence-corrected chi connectivity index (χ3v) is 4.92. The second-order valence-corrected chi connectivity index (χ2v) is 6.28. The van der Waals surface area contributed by atoms with Crippen LogP contribution in [0, 0.1) is 0 Å². The Balaban J connectivity index is 1.92. The van der Waals surface area contributed by atoms with E-state index in [9.17, 15) is 0 Å². The first-order chi connectivity index (χ1) is 9.72. The highest BCUT2D eigenvalue weighted by molar-refractivity contribution is 7.16. The number of nitrogens with zero attached hydrogens (tertiary/aromatic N) is 2. The number of aromatic amines is 1. The summed E-state index contributed by atoms with van der Waals surface area (Å²) in [6.07, 6.45) is 4.70. The maximum atomic E-state index is 6.22. The molecule has 1 aliphatic rings. The van der Waals surface area contributed by atoms with Gasteiger partial charge in [-0.15, -0.1) is 11.3 Å². The molecule has 0 aliphatic heterocycles. The zero-order chi connectivity index (χ0) is 13.7. The molecular weight excluding hydrogens is 270 g/mol. The maximum absolute atomic E-state index is 6.22. The highest BCUT2D eigenvalue weighted by Crippen LogP contribution is 2.41. The van der Waals surface area contributed by atoms with Crippen LogP contribution >= 0.6 is 11.3 Å². The quantitative estimate of drug-likeness (QED) is 0.641. The molecule has 5 N–H and O–H groups in total. The fourth-order valence-corrected chi connectivity index (χ4v) is 4.03. The van der Waals surface area contributed by atoms with Gasteiger partial charge in [-0.3, -0.25) is 0 Å². The Morgan fingerprint density at radius 3 is 2.85 bits per heavy atom. The zero-order valence-electron chi connectivity index (χ0n) is 10.9. The average Bonchev–Trinajstić information content (AvgIpc) is 2.97. The zero-order valence-corrected chi connectivity index (χ0v) is 11.8. The van der Waals surface area contributed by atoms with E-state index in [-0.39, 0.29) is 0 Å². The van der Waals surface area contributed by atoms with Crippen molar-refractivity contribution in [2.75, 3.05) is 11.5 Å². The molecule has 4 rings (SSSR count). The normalized spacial score (nSPS) is 14.6. The van der Waals surface area contributed by atoms with E-state index in [1.54, 1.807) is 17.4 Å². The number of hydrogen-bond donors (Lipinski definition) is 3. The molecule has 0 radical (unpaired) electrons. The van der Waals surface area contributed by atoms with Gasteiger partial charge in [0.05, 0.1) is 16.1 Å². The number of nitrogens with one attached hydrogen (secondary N) is 1. The fourth-order valence-electron chi connectivity index (χ4n) is 2.87. The average molecular weight is 285 g/mol. The van der Waals surface area contributed by atoms with E-state index in [1.165, 1.54) is 23.3 Å². The van der Waals surface area contributed by atoms with Crippen LogP contribution in [0.25, 0.3) is 22.6 Å². The molecule has 0 saturated carbocycles. The lowest BCUT2D eigenvalue weighted by Gasteiger charge is -2.11. The van der Waals surface area contributed by atoms with Crippen LogP contribution in [0.2, 0.25) is 0 Å². The second kappa shape index (κ2) is 4.21. The molecule has 20 heavy (non-hydrogen) atoms. The van der Waals surface area contributed by atoms with E-state index in [0.29, 0.717) is 11.5 Å². The number of imidazole rings is 1. The van der Waals surface area contributed by atoms with Crippen molar-refractivity contribution < 1.29 is 0 Å². The number of aryl methyl sites for hydroxylation is 1. The molecule has 0 atom stereocenters. The molecule has 6 heteroatoms. The molecule has 5 nitrogen and oxygen atoms in total. The van der Waals surface area contributed by atoms with Gasteiger partial charge >= 0.3 is 0 Å². The first kappa shape index (κ1) is 11.7. The van der Waals surface area contributed by atoms with Crippen molar-refractivity contribution >= 4 is 33.3 Å². The standard InChI is InChI=1S/C14H15N5S/c15-10-6-5-8-13(18-10)19-14(17-8)11-7-3-1-2-4-9(7)20-12(11)16/h5-6H,1-4,16H2,(H3,15,17,18,19). The number of nitrogens with two attached hydrogens (primary N) is 2. The van der Waals surface area contributed by atoms with E-state index in [2.05, 4.69) is 15.0 Å². The van der Waals surface area contributed by atoms with Gasteiger partial charge in [0.2, 0.25) is 0 Å². The van der Waals surface area contributed by atoms with Gasteiger partial charge in [-0.1, -0.05) is 0 Å². The minimum absolute atomic E-state index is 0.482. The number of fused-ring (bicyclic) bond motifs is 2. The van der Waals surface area contributed by atoms with E-state index in [4.69, 9.17) is 11.5 Å². The highest BCUT2D eigenvalue weighted by Gasteiger charge is 2.22. The summed E-state index contributed by atoms with van der Waals surface area (Å²) in [6.45, 7) is 0. The summed E-state index contributed by atoms with van der Waals surface area (Å²) in [4.78, 5) is 13.5. The monoisotopic (exact) mass is 285 g/mol. The van der Waals surface area contributed by atoms with Gasteiger partial charge < -0.3 is 16.5 Å². The molecule has 1 aliphatic carbocycles. The van der Waals surface area contributed by atoms with E-state index >= 15 is 0 Å². The van der Waals surface area contributed by atoms with Crippen LogP contribution in [0.5, 0.6) is 0 Å². The van der Waals surface area contributed by atoms with Gasteiger partial charge in [0, 0.05) is 4.88 Å². The van der Waals surface area contributed by atoms with E-state index < -0.39 is 0 Å². The number of nitrogen functional groups attached to an aromatic ring is 2. The van der Waals surface area contributed by atoms with Crippen LogP contribution < -0.4 is 11.5 Å². The number of thiophene rings is 1. The molecular formula is C14H15N5S. The number of hydrogen-bond acceptors (Lipinski definition) is 5. The predicted molar refractivity (Wildman–Crippen MR) is 82.7 cm³/mol. The smallest absolute Gasteiger partial charge is 0.180 e. The molecule has 0 bridgehead atoms. The number of aromatic nitrogens is 3. The van der Waals surface area contributed by atoms with Gasteiger partial charge in [0.1, 0.15) is 11.6 Å². The molecule has 0 unspecified atom stereocenters. The lowest BCUT2D eigenvalue weighted by molar-refractivity contribution is 0.698. The largest absolute Gasteiger partial charge is 0.390 e. The molecule has 3 aromatic rings. The Kier molecular flexibility index (Phi) is 2.47. The van der Waals surface area contributed by atoms with Gasteiger partial charge in [-0.05, 0) is 43.4 Å². The topological polar surface area (TPSA) is 93.6 Å². The third-order valence-electron chi connectivity index (χ3n) is 3.80. The Hall–Kier alpha value is -2.08. The molecule has 0 aromatic carbocycles. The van der Waals surface area contributed by atoms with Gasteiger partial charge in [0.15, 0.2) is 5.65 Å². The van der Waals surface area contributed by atoms with Crippen LogP contribution in [0.4, 0.5) is 10.8 Å². The summed E-state index contributed by atoms with van der Waals surface area (Å²) in [5.41, 5.74) is 15.9. The Bertz CT molecular complexity index is 801. The van der Waals surface area contributed by atoms with Gasteiger partial charge in [-0.25, -0.2) is 9.97 Å². The van der Waals surface area contributed by atoms with Crippen LogP contribution in [0.15, 0.2) is 12.1 Å². The lowest BCUT2D eigenvalue weighted by Crippen LogP contribution is -2.00. The lowest BCUT2D eigenvalue weighted by atomic mass is 9.95. The highest BCUT2D eigenvalue weighted by atomic mass is 32.1. The van der Waals surface area contributed by atoms with Crippen molar-refractivity contribution in [3.05, 3.63) is 22.6 Å². The van der Waals surface area contributed by atoms with Crippen molar-refractivity contribution in [3.8, 4) is 11.4 Å². The molecule has 0 saturated heterocycles. The molecule has 0 spiro atoms. The maximum Gasteiger partial charge on any atom is 0.180 e. The van der Waals surface area contributed by atoms with Crippen molar-refractivity contribution in [2.45, 2.75) is 25.7 Å². The molecule has 0 fully saturated rings. The number of anilines is 2. The Morgan fingerprint density at radius 1 is 1.10 bits per heavy atom. The van der Waals surface area contributed by atoms with Crippen LogP contribution in [0.3, 0.4) is 0 Å². The van der Waals surface area contributed by atoms with E-state index in [1.807, 2.05) is 6.07 Å². The number of H-pyrrole nitrogens is 1. The summed E-state index contributed by atoms with van der Waals surface area (Å²) in [5.74, 6) is 1.30. The van der Waals surface area contributed by atoms with Crippen LogP contribution in [-0.2, 0) is 12.8 Å². The summed E-state index contributed by atoms with van der Waals surface area (Å²) < 4.78 is 0. The minimum atomic E-state index is 0.482. The van der Waals surface area contributed by atoms with Crippen LogP contribution in [-0.4, -0.2) is 15.0 Å². The van der Waals surface area contributed by atoms with Crippen molar-refractivity contribution in [1.82, 2.24) is 15.0 Å². The van der Waals surface area contributed by atoms with Gasteiger partial charge in [0.25, 0.3) is 0 Å². The van der Waals surface area contributed by atoms with Crippen molar-refractivity contribution in [2.24, 2.45) is 0 Å². The predicted octanol–water partition coefficient (Wildman–Crippen LogP) is 2.73. The van der Waals surface area contributed by atoms with Crippen LogP contribution in [0.1, 0.15) is 23.3 Å². The van der Waals surface area contributed by atoms with Crippen molar-refractivity contribution in [1.29, 1.82) is 0 Å². The summed E-state index contributed by atoms with van der Waals surface area (Å²) >= 11 is 1.70. The fraction of sp³-hybridized carbons (Fsp3) is 0.286. The Morgan fingerprint density at radius 2 is 1.95 bits per heavy atom.